The van der Waals surface area contributed by atoms with E-state index in [9.17, 15) is 9.59 Å². The van der Waals surface area contributed by atoms with E-state index in [1.807, 2.05) is 26.8 Å². The van der Waals surface area contributed by atoms with Crippen LogP contribution in [0.5, 0.6) is 5.75 Å². The Morgan fingerprint density at radius 1 is 1.08 bits per heavy atom. The first-order chi connectivity index (χ1) is 17.9. The minimum absolute atomic E-state index is 0.275. The number of ether oxygens (including phenoxy) is 1. The van der Waals surface area contributed by atoms with Gasteiger partial charge in [0.2, 0.25) is 0 Å². The molecular weight excluding hydrogens is 659 g/mol. The Balaban J connectivity index is 1.68. The third kappa shape index (κ3) is 6.64. The zero-order chi connectivity index (χ0) is 27.6. The molecule has 0 saturated carbocycles. The van der Waals surface area contributed by atoms with Gasteiger partial charge in [0.15, 0.2) is 6.61 Å². The van der Waals surface area contributed by atoms with Gasteiger partial charge in [-0.1, -0.05) is 59.9 Å². The summed E-state index contributed by atoms with van der Waals surface area (Å²) >= 11 is 19.1. The largest absolute Gasteiger partial charge is 0.482 e. The molecule has 0 aliphatic rings. The number of hydrogen-bond donors (Lipinski definition) is 1. The zero-order valence-electron chi connectivity index (χ0n) is 20.6. The molecule has 0 bridgehead atoms. The van der Waals surface area contributed by atoms with Crippen LogP contribution in [0.2, 0.25) is 10.0 Å². The van der Waals surface area contributed by atoms with E-state index in [1.165, 1.54) is 10.9 Å². The molecule has 1 heterocycles. The molecule has 0 spiro atoms. The van der Waals surface area contributed by atoms with Gasteiger partial charge in [0.25, 0.3) is 11.5 Å². The van der Waals surface area contributed by atoms with Crippen molar-refractivity contribution in [1.29, 1.82) is 0 Å². The van der Waals surface area contributed by atoms with E-state index in [4.69, 9.17) is 32.9 Å². The third-order valence-electron chi connectivity index (χ3n) is 5.30. The van der Waals surface area contributed by atoms with Gasteiger partial charge in [-0.05, 0) is 70.5 Å². The number of carbonyl (C=O) groups excluding carboxylic acids is 1. The molecule has 0 fully saturated rings. The average molecular weight is 681 g/mol. The van der Waals surface area contributed by atoms with Gasteiger partial charge in [-0.15, -0.1) is 0 Å². The highest BCUT2D eigenvalue weighted by Crippen LogP contribution is 2.32. The summed E-state index contributed by atoms with van der Waals surface area (Å²) in [5.74, 6) is 0.457. The summed E-state index contributed by atoms with van der Waals surface area (Å²) in [7, 11) is 0. The van der Waals surface area contributed by atoms with Crippen LogP contribution in [0.25, 0.3) is 10.9 Å². The molecular formula is C27H22Br2Cl2N4O3. The summed E-state index contributed by atoms with van der Waals surface area (Å²) in [6.45, 7) is 5.59. The topological polar surface area (TPSA) is 85.6 Å². The van der Waals surface area contributed by atoms with Gasteiger partial charge in [0, 0.05) is 31.2 Å². The van der Waals surface area contributed by atoms with E-state index in [0.717, 1.165) is 4.47 Å². The van der Waals surface area contributed by atoms with Crippen molar-refractivity contribution in [3.05, 3.63) is 95.3 Å². The molecule has 196 valence electrons. The minimum atomic E-state index is -0.480. The lowest BCUT2D eigenvalue weighted by atomic mass is 9.95. The van der Waals surface area contributed by atoms with Crippen LogP contribution in [-0.4, -0.2) is 28.4 Å². The van der Waals surface area contributed by atoms with Gasteiger partial charge in [0.05, 0.1) is 21.6 Å². The molecule has 38 heavy (non-hydrogen) atoms. The van der Waals surface area contributed by atoms with Crippen LogP contribution in [0.4, 0.5) is 5.69 Å². The molecule has 1 amide bonds. The van der Waals surface area contributed by atoms with Crippen LogP contribution < -0.4 is 15.6 Å². The van der Waals surface area contributed by atoms with E-state index >= 15 is 0 Å². The molecule has 1 aromatic heterocycles. The van der Waals surface area contributed by atoms with Crippen molar-refractivity contribution in [3.8, 4) is 5.75 Å². The molecule has 11 heteroatoms. The number of amides is 1. The van der Waals surface area contributed by atoms with Crippen molar-refractivity contribution in [2.24, 2.45) is 5.10 Å². The number of anilines is 1. The number of fused-ring (bicyclic) bond motifs is 1. The first kappa shape index (κ1) is 28.3. The highest BCUT2D eigenvalue weighted by molar-refractivity contribution is 9.10. The standard InChI is InChI=1S/C27H22Br2Cl2N4O3/c1-27(2,3)26-34-22-9-4-16(28)11-20(22)25(37)35(26)32-13-15-10-18(31)12-21(29)24(15)38-14-23(36)33-19-7-5-17(30)6-8-19/h4-13H,14H2,1-3H3,(H,33,36). The van der Waals surface area contributed by atoms with Crippen molar-refractivity contribution in [2.75, 3.05) is 11.9 Å². The fourth-order valence-corrected chi connectivity index (χ4v) is 4.99. The van der Waals surface area contributed by atoms with Crippen LogP contribution in [0.15, 0.2) is 73.4 Å². The van der Waals surface area contributed by atoms with Gasteiger partial charge in [-0.3, -0.25) is 9.59 Å². The summed E-state index contributed by atoms with van der Waals surface area (Å²) in [6, 6.07) is 15.4. The maximum absolute atomic E-state index is 13.5. The SMILES string of the molecule is CC(C)(C)c1nc2ccc(Br)cc2c(=O)n1N=Cc1cc(Cl)cc(Br)c1OCC(=O)Nc1ccc(Cl)cc1. The first-order valence-electron chi connectivity index (χ1n) is 11.4. The first-order valence-corrected chi connectivity index (χ1v) is 13.7. The molecule has 0 unspecified atom stereocenters. The van der Waals surface area contributed by atoms with E-state index in [-0.39, 0.29) is 18.1 Å². The van der Waals surface area contributed by atoms with Gasteiger partial charge in [-0.25, -0.2) is 4.98 Å². The molecule has 1 N–H and O–H groups in total. The fraction of sp³-hybridized carbons (Fsp3) is 0.185. The minimum Gasteiger partial charge on any atom is -0.482 e. The van der Waals surface area contributed by atoms with E-state index in [0.29, 0.717) is 48.2 Å². The number of aromatic nitrogens is 2. The second-order valence-electron chi connectivity index (χ2n) is 9.36. The van der Waals surface area contributed by atoms with Gasteiger partial charge in [0.1, 0.15) is 11.6 Å². The van der Waals surface area contributed by atoms with Crippen LogP contribution in [0.3, 0.4) is 0 Å². The Bertz CT molecular complexity index is 1610. The van der Waals surface area contributed by atoms with Crippen molar-refractivity contribution >= 4 is 83.8 Å². The molecule has 7 nitrogen and oxygen atoms in total. The number of halogens is 4. The Hall–Kier alpha value is -2.72. The average Bonchev–Trinajstić information content (AvgIpc) is 2.83. The molecule has 0 saturated heterocycles. The molecule has 3 aromatic carbocycles. The monoisotopic (exact) mass is 678 g/mol. The molecule has 0 aliphatic carbocycles. The van der Waals surface area contributed by atoms with Crippen LogP contribution in [0.1, 0.15) is 32.2 Å². The summed E-state index contributed by atoms with van der Waals surface area (Å²) < 4.78 is 8.40. The number of benzene rings is 3. The summed E-state index contributed by atoms with van der Waals surface area (Å²) in [6.07, 6.45) is 1.46. The van der Waals surface area contributed by atoms with E-state index in [2.05, 4.69) is 42.3 Å². The predicted molar refractivity (Wildman–Crippen MR) is 160 cm³/mol. The summed E-state index contributed by atoms with van der Waals surface area (Å²) in [5.41, 5.74) is 0.833. The van der Waals surface area contributed by atoms with Crippen LogP contribution in [-0.2, 0) is 10.2 Å². The molecule has 0 atom stereocenters. The number of carbonyl (C=O) groups is 1. The van der Waals surface area contributed by atoms with Crippen molar-refractivity contribution in [1.82, 2.24) is 9.66 Å². The highest BCUT2D eigenvalue weighted by Gasteiger charge is 2.23. The maximum atomic E-state index is 13.5. The second kappa shape index (κ2) is 11.6. The van der Waals surface area contributed by atoms with Crippen molar-refractivity contribution < 1.29 is 9.53 Å². The molecule has 4 rings (SSSR count). The molecule has 0 radical (unpaired) electrons. The summed E-state index contributed by atoms with van der Waals surface area (Å²) in [4.78, 5) is 30.7. The number of nitrogens with one attached hydrogen (secondary N) is 1. The van der Waals surface area contributed by atoms with Gasteiger partial charge >= 0.3 is 0 Å². The lowest BCUT2D eigenvalue weighted by Crippen LogP contribution is -2.29. The normalized spacial score (nSPS) is 11.8. The lowest BCUT2D eigenvalue weighted by Gasteiger charge is -2.21. The quantitative estimate of drug-likeness (QED) is 0.215. The summed E-state index contributed by atoms with van der Waals surface area (Å²) in [5, 5.41) is 8.65. The Labute approximate surface area is 246 Å². The van der Waals surface area contributed by atoms with E-state index < -0.39 is 5.41 Å². The van der Waals surface area contributed by atoms with Crippen molar-refractivity contribution in [3.63, 3.8) is 0 Å². The highest BCUT2D eigenvalue weighted by atomic mass is 79.9. The number of nitrogens with zero attached hydrogens (tertiary/aromatic N) is 3. The third-order valence-corrected chi connectivity index (χ3v) is 6.86. The maximum Gasteiger partial charge on any atom is 0.282 e. The van der Waals surface area contributed by atoms with Crippen LogP contribution >= 0.6 is 55.1 Å². The molecule has 4 aromatic rings. The predicted octanol–water partition coefficient (Wildman–Crippen LogP) is 7.43. The number of rotatable bonds is 6. The Morgan fingerprint density at radius 2 is 1.79 bits per heavy atom. The van der Waals surface area contributed by atoms with Crippen molar-refractivity contribution in [2.45, 2.75) is 26.2 Å². The lowest BCUT2D eigenvalue weighted by molar-refractivity contribution is -0.118. The smallest absolute Gasteiger partial charge is 0.282 e. The second-order valence-corrected chi connectivity index (χ2v) is 12.0. The molecule has 0 aliphatic heterocycles. The number of hydrogen-bond acceptors (Lipinski definition) is 5. The zero-order valence-corrected chi connectivity index (χ0v) is 25.2. The van der Waals surface area contributed by atoms with Gasteiger partial charge in [-0.2, -0.15) is 9.78 Å². The van der Waals surface area contributed by atoms with E-state index in [1.54, 1.807) is 48.5 Å². The Morgan fingerprint density at radius 3 is 2.47 bits per heavy atom. The fourth-order valence-electron chi connectivity index (χ4n) is 3.56. The van der Waals surface area contributed by atoms with Gasteiger partial charge < -0.3 is 10.1 Å². The Kier molecular flexibility index (Phi) is 8.62. The van der Waals surface area contributed by atoms with Crippen LogP contribution in [0, 0.1) is 0 Å².